The Morgan fingerprint density at radius 2 is 1.94 bits per heavy atom. The van der Waals surface area contributed by atoms with Crippen LogP contribution in [0, 0.1) is 5.82 Å². The highest BCUT2D eigenvalue weighted by Crippen LogP contribution is 2.21. The Hall–Kier alpha value is -1.14. The second-order valence-electron chi connectivity index (χ2n) is 3.90. The molecule has 0 saturated heterocycles. The fraction of sp³-hybridized carbons (Fsp3) is 0.500. The number of hydrogen-bond acceptors (Lipinski definition) is 2. The monoisotopic (exact) mass is 265 g/mol. The zero-order valence-electron chi connectivity index (χ0n) is 9.77. The van der Waals surface area contributed by atoms with E-state index in [1.165, 1.54) is 12.1 Å². The van der Waals surface area contributed by atoms with E-state index in [2.05, 4.69) is 0 Å². The summed E-state index contributed by atoms with van der Waals surface area (Å²) in [7, 11) is 0. The molecule has 18 heavy (non-hydrogen) atoms. The van der Waals surface area contributed by atoms with Gasteiger partial charge in [0.05, 0.1) is 6.61 Å². The van der Waals surface area contributed by atoms with Gasteiger partial charge in [0.1, 0.15) is 5.82 Å². The van der Waals surface area contributed by atoms with E-state index in [9.17, 15) is 17.6 Å². The fourth-order valence-corrected chi connectivity index (χ4v) is 1.39. The first-order valence-corrected chi connectivity index (χ1v) is 5.54. The molecule has 2 nitrogen and oxygen atoms in total. The third kappa shape index (κ3) is 5.46. The molecule has 0 fully saturated rings. The van der Waals surface area contributed by atoms with Crippen LogP contribution < -0.4 is 5.73 Å². The van der Waals surface area contributed by atoms with Crippen molar-refractivity contribution in [3.8, 4) is 0 Å². The number of benzene rings is 1. The van der Waals surface area contributed by atoms with Crippen molar-refractivity contribution in [3.05, 3.63) is 35.1 Å². The first kappa shape index (κ1) is 14.9. The van der Waals surface area contributed by atoms with Crippen LogP contribution in [0.25, 0.3) is 0 Å². The summed E-state index contributed by atoms with van der Waals surface area (Å²) in [6, 6.07) is 4.49. The molecule has 2 N–H and O–H groups in total. The van der Waals surface area contributed by atoms with Crippen molar-refractivity contribution in [1.29, 1.82) is 0 Å². The topological polar surface area (TPSA) is 35.2 Å². The average molecular weight is 265 g/mol. The lowest BCUT2D eigenvalue weighted by Gasteiger charge is -2.08. The molecule has 1 aromatic carbocycles. The highest BCUT2D eigenvalue weighted by Gasteiger charge is 2.25. The maximum absolute atomic E-state index is 13.4. The lowest BCUT2D eigenvalue weighted by Crippen LogP contribution is -2.09. The molecule has 0 aliphatic rings. The van der Waals surface area contributed by atoms with Crippen LogP contribution in [0.1, 0.15) is 24.0 Å². The highest BCUT2D eigenvalue weighted by atomic mass is 19.4. The zero-order valence-corrected chi connectivity index (χ0v) is 9.77. The van der Waals surface area contributed by atoms with Crippen molar-refractivity contribution >= 4 is 0 Å². The standard InChI is InChI=1S/C12H15F4NO/c13-11-6-9(7-17)2-3-10(11)8-18-5-1-4-12(14,15)16/h2-3,6H,1,4-5,7-8,17H2. The van der Waals surface area contributed by atoms with Crippen LogP contribution >= 0.6 is 0 Å². The van der Waals surface area contributed by atoms with E-state index in [0.717, 1.165) is 0 Å². The van der Waals surface area contributed by atoms with Crippen molar-refractivity contribution in [3.63, 3.8) is 0 Å². The van der Waals surface area contributed by atoms with Gasteiger partial charge in [-0.15, -0.1) is 0 Å². The first-order chi connectivity index (χ1) is 8.42. The van der Waals surface area contributed by atoms with Gasteiger partial charge in [0.25, 0.3) is 0 Å². The van der Waals surface area contributed by atoms with Crippen molar-refractivity contribution in [2.24, 2.45) is 5.73 Å². The van der Waals surface area contributed by atoms with E-state index in [1.807, 2.05) is 0 Å². The molecule has 0 spiro atoms. The van der Waals surface area contributed by atoms with Crippen LogP contribution in [-0.2, 0) is 17.9 Å². The predicted octanol–water partition coefficient (Wildman–Crippen LogP) is 3.14. The second-order valence-corrected chi connectivity index (χ2v) is 3.90. The van der Waals surface area contributed by atoms with Crippen molar-refractivity contribution in [2.45, 2.75) is 32.2 Å². The molecule has 0 bridgehead atoms. The summed E-state index contributed by atoms with van der Waals surface area (Å²) >= 11 is 0. The molecule has 0 aliphatic carbocycles. The molecule has 102 valence electrons. The Morgan fingerprint density at radius 1 is 1.22 bits per heavy atom. The first-order valence-electron chi connectivity index (χ1n) is 5.54. The Bertz CT molecular complexity index is 379. The van der Waals surface area contributed by atoms with Gasteiger partial charge in [0, 0.05) is 25.1 Å². The smallest absolute Gasteiger partial charge is 0.377 e. The minimum absolute atomic E-state index is 0.0332. The Kier molecular flexibility index (Phi) is 5.55. The molecule has 1 rings (SSSR count). The number of ether oxygens (including phenoxy) is 1. The maximum Gasteiger partial charge on any atom is 0.389 e. The molecule has 0 heterocycles. The molecule has 0 unspecified atom stereocenters. The van der Waals surface area contributed by atoms with Gasteiger partial charge in [-0.25, -0.2) is 4.39 Å². The minimum Gasteiger partial charge on any atom is -0.377 e. The maximum atomic E-state index is 13.4. The number of rotatable bonds is 6. The Morgan fingerprint density at radius 3 is 2.50 bits per heavy atom. The third-order valence-corrected chi connectivity index (χ3v) is 2.36. The number of halogens is 4. The van der Waals surface area contributed by atoms with Crippen molar-refractivity contribution in [2.75, 3.05) is 6.61 Å². The van der Waals surface area contributed by atoms with Crippen LogP contribution in [0.15, 0.2) is 18.2 Å². The largest absolute Gasteiger partial charge is 0.389 e. The van der Waals surface area contributed by atoms with E-state index >= 15 is 0 Å². The van der Waals surface area contributed by atoms with Crippen LogP contribution in [-0.4, -0.2) is 12.8 Å². The van der Waals surface area contributed by atoms with Gasteiger partial charge in [-0.2, -0.15) is 13.2 Å². The van der Waals surface area contributed by atoms with Crippen molar-refractivity contribution < 1.29 is 22.3 Å². The molecule has 0 atom stereocenters. The number of alkyl halides is 3. The summed E-state index contributed by atoms with van der Waals surface area (Å²) in [4.78, 5) is 0. The molecule has 0 saturated carbocycles. The molecule has 0 radical (unpaired) electrons. The van der Waals surface area contributed by atoms with E-state index < -0.39 is 18.4 Å². The highest BCUT2D eigenvalue weighted by molar-refractivity contribution is 5.23. The quantitative estimate of drug-likeness (QED) is 0.633. The van der Waals surface area contributed by atoms with E-state index in [-0.39, 0.29) is 26.2 Å². The van der Waals surface area contributed by atoms with E-state index in [4.69, 9.17) is 10.5 Å². The molecule has 0 amide bonds. The molecule has 6 heteroatoms. The van der Waals surface area contributed by atoms with Gasteiger partial charge in [0.2, 0.25) is 0 Å². The minimum atomic E-state index is -4.17. The van der Waals surface area contributed by atoms with Gasteiger partial charge < -0.3 is 10.5 Å². The van der Waals surface area contributed by atoms with E-state index in [1.54, 1.807) is 6.07 Å². The van der Waals surface area contributed by atoms with Crippen LogP contribution in [0.3, 0.4) is 0 Å². The van der Waals surface area contributed by atoms with Gasteiger partial charge in [-0.1, -0.05) is 12.1 Å². The number of nitrogens with two attached hydrogens (primary N) is 1. The SMILES string of the molecule is NCc1ccc(COCCCC(F)(F)F)c(F)c1. The molecular formula is C12H15F4NO. The molecule has 1 aromatic rings. The third-order valence-electron chi connectivity index (χ3n) is 2.36. The van der Waals surface area contributed by atoms with Gasteiger partial charge in [-0.3, -0.25) is 0 Å². The van der Waals surface area contributed by atoms with E-state index in [0.29, 0.717) is 11.1 Å². The van der Waals surface area contributed by atoms with Gasteiger partial charge in [-0.05, 0) is 18.1 Å². The lowest BCUT2D eigenvalue weighted by molar-refractivity contribution is -0.138. The summed E-state index contributed by atoms with van der Waals surface area (Å²) < 4.78 is 53.9. The summed E-state index contributed by atoms with van der Waals surface area (Å²) in [6.07, 6.45) is -5.18. The fourth-order valence-electron chi connectivity index (χ4n) is 1.39. The second kappa shape index (κ2) is 6.70. The zero-order chi connectivity index (χ0) is 13.6. The Balaban J connectivity index is 2.31. The van der Waals surface area contributed by atoms with Crippen LogP contribution in [0.4, 0.5) is 17.6 Å². The van der Waals surface area contributed by atoms with Crippen molar-refractivity contribution in [1.82, 2.24) is 0 Å². The summed E-state index contributed by atoms with van der Waals surface area (Å²) in [5.74, 6) is -0.450. The van der Waals surface area contributed by atoms with Crippen LogP contribution in [0.5, 0.6) is 0 Å². The van der Waals surface area contributed by atoms with Gasteiger partial charge in [0.15, 0.2) is 0 Å². The predicted molar refractivity (Wildman–Crippen MR) is 59.2 cm³/mol. The molecule has 0 aromatic heterocycles. The summed E-state index contributed by atoms with van der Waals surface area (Å²) in [5, 5.41) is 0. The normalized spacial score (nSPS) is 11.8. The summed E-state index contributed by atoms with van der Waals surface area (Å²) in [6.45, 7) is 0.162. The lowest BCUT2D eigenvalue weighted by atomic mass is 10.1. The van der Waals surface area contributed by atoms with Gasteiger partial charge >= 0.3 is 6.18 Å². The van der Waals surface area contributed by atoms with Crippen LogP contribution in [0.2, 0.25) is 0 Å². The Labute approximate surface area is 103 Å². The summed E-state index contributed by atoms with van der Waals surface area (Å²) in [5.41, 5.74) is 6.32. The molecule has 0 aliphatic heterocycles. The average Bonchev–Trinajstić information content (AvgIpc) is 2.29. The molecular weight excluding hydrogens is 250 g/mol. The number of hydrogen-bond donors (Lipinski definition) is 1.